The van der Waals surface area contributed by atoms with E-state index in [1.807, 2.05) is 0 Å². The summed E-state index contributed by atoms with van der Waals surface area (Å²) in [6.07, 6.45) is 20.9. The first kappa shape index (κ1) is 18.5. The molecule has 0 bridgehead atoms. The first-order chi connectivity index (χ1) is 12.8. The van der Waals surface area contributed by atoms with Gasteiger partial charge in [-0.05, 0) is 0 Å². The Bertz CT molecular complexity index is 475. The molecule has 0 radical (unpaired) electrons. The molecule has 0 amide bonds. The van der Waals surface area contributed by atoms with Gasteiger partial charge in [0.2, 0.25) is 0 Å². The van der Waals surface area contributed by atoms with E-state index >= 15 is 0 Å². The molecule has 5 fully saturated rings. The minimum absolute atomic E-state index is 0.521. The fourth-order valence-corrected chi connectivity index (χ4v) is 13.1. The summed E-state index contributed by atoms with van der Waals surface area (Å²) in [5.74, 6) is 2.96. The number of hydrogen-bond acceptors (Lipinski definition) is 3. The fraction of sp³-hybridized carbons (Fsp3) is 1.00. The Morgan fingerprint density at radius 3 is 2.23 bits per heavy atom. The van der Waals surface area contributed by atoms with Crippen LogP contribution < -0.4 is 0 Å². The van der Waals surface area contributed by atoms with Crippen molar-refractivity contribution in [2.24, 2.45) is 17.8 Å². The molecular formula is C22H38GaNO2. The van der Waals surface area contributed by atoms with E-state index in [1.54, 1.807) is 0 Å². The van der Waals surface area contributed by atoms with E-state index in [-0.39, 0.29) is 0 Å². The van der Waals surface area contributed by atoms with Crippen LogP contribution in [0.4, 0.5) is 0 Å². The molecule has 2 aliphatic heterocycles. The van der Waals surface area contributed by atoms with Crippen molar-refractivity contribution in [1.29, 1.82) is 0 Å². The van der Waals surface area contributed by atoms with E-state index in [9.17, 15) is 0 Å². The molecule has 4 unspecified atom stereocenters. The van der Waals surface area contributed by atoms with Gasteiger partial charge in [-0.2, -0.15) is 0 Å². The molecule has 5 rings (SSSR count). The quantitative estimate of drug-likeness (QED) is 0.590. The molecule has 146 valence electrons. The van der Waals surface area contributed by atoms with Crippen molar-refractivity contribution in [3.63, 3.8) is 0 Å². The maximum atomic E-state index is 6.83. The van der Waals surface area contributed by atoms with Crippen LogP contribution in [-0.4, -0.2) is 45.1 Å². The second-order valence-corrected chi connectivity index (χ2v) is 13.8. The Kier molecular flexibility index (Phi) is 5.77. The van der Waals surface area contributed by atoms with Gasteiger partial charge < -0.3 is 0 Å². The first-order valence-electron chi connectivity index (χ1n) is 11.9. The third kappa shape index (κ3) is 3.58. The molecule has 26 heavy (non-hydrogen) atoms. The summed E-state index contributed by atoms with van der Waals surface area (Å²) >= 11 is -2.21. The molecule has 4 atom stereocenters. The van der Waals surface area contributed by atoms with E-state index < -0.39 is 17.2 Å². The van der Waals surface area contributed by atoms with E-state index in [4.69, 9.17) is 7.06 Å². The van der Waals surface area contributed by atoms with Crippen LogP contribution >= 0.6 is 0 Å². The Labute approximate surface area is 166 Å². The summed E-state index contributed by atoms with van der Waals surface area (Å²) < 4.78 is 16.3. The molecule has 3 aliphatic carbocycles. The van der Waals surface area contributed by atoms with Crippen molar-refractivity contribution >= 4 is 17.2 Å². The van der Waals surface area contributed by atoms with Crippen LogP contribution in [0.25, 0.3) is 0 Å². The summed E-state index contributed by atoms with van der Waals surface area (Å²) in [5.41, 5.74) is 0. The van der Waals surface area contributed by atoms with E-state index in [2.05, 4.69) is 10.5 Å². The Morgan fingerprint density at radius 2 is 1.42 bits per heavy atom. The third-order valence-corrected chi connectivity index (χ3v) is 13.9. The summed E-state index contributed by atoms with van der Waals surface area (Å²) in [6.45, 7) is 2.44. The van der Waals surface area contributed by atoms with Crippen LogP contribution in [0.2, 0.25) is 0 Å². The van der Waals surface area contributed by atoms with Gasteiger partial charge >= 0.3 is 167 Å². The third-order valence-electron chi connectivity index (χ3n) is 8.61. The summed E-state index contributed by atoms with van der Waals surface area (Å²) in [6, 6.07) is 1.44. The summed E-state index contributed by atoms with van der Waals surface area (Å²) in [7, 11) is 0. The van der Waals surface area contributed by atoms with Crippen LogP contribution in [0.15, 0.2) is 0 Å². The standard InChI is InChI=1S/C12H21O.C10H17NO.Ga/c13-12-8-6-11(7-9-12)10-4-2-1-3-5-10;1-7-5-6-8-3-2-4-9(12)10(8)11-7;/h10-12H,1-9H2;7-10H,2-6H2,1H3;/q-1;-2;+3. The van der Waals surface area contributed by atoms with E-state index in [0.29, 0.717) is 18.2 Å². The zero-order valence-electron chi connectivity index (χ0n) is 16.8. The molecule has 0 N–H and O–H groups in total. The molecule has 2 heterocycles. The average molecular weight is 418 g/mol. The second-order valence-electron chi connectivity index (χ2n) is 10.1. The van der Waals surface area contributed by atoms with Crippen LogP contribution in [0.5, 0.6) is 0 Å². The Balaban J connectivity index is 1.18. The van der Waals surface area contributed by atoms with Crippen molar-refractivity contribution in [2.75, 3.05) is 0 Å². The predicted octanol–water partition coefficient (Wildman–Crippen LogP) is 5.18. The molecule has 5 aliphatic rings. The van der Waals surface area contributed by atoms with Crippen LogP contribution in [-0.2, 0) is 7.06 Å². The number of piperidine rings is 1. The van der Waals surface area contributed by atoms with Crippen molar-refractivity contribution < 1.29 is 7.06 Å². The second kappa shape index (κ2) is 8.10. The van der Waals surface area contributed by atoms with Crippen molar-refractivity contribution in [1.82, 2.24) is 3.61 Å². The number of hydrogen-bond donors (Lipinski definition) is 0. The molecule has 0 spiro atoms. The molecular weight excluding hydrogens is 380 g/mol. The molecule has 3 saturated carbocycles. The van der Waals surface area contributed by atoms with Gasteiger partial charge in [0.25, 0.3) is 0 Å². The van der Waals surface area contributed by atoms with Crippen LogP contribution in [0, 0.1) is 17.8 Å². The van der Waals surface area contributed by atoms with Gasteiger partial charge in [0.05, 0.1) is 0 Å². The molecule has 3 nitrogen and oxygen atoms in total. The Hall–Kier alpha value is 0.516. The van der Waals surface area contributed by atoms with Gasteiger partial charge in [0.15, 0.2) is 0 Å². The van der Waals surface area contributed by atoms with E-state index in [0.717, 1.165) is 23.8 Å². The molecule has 0 aromatic rings. The minimum atomic E-state index is -2.21. The molecule has 0 aromatic heterocycles. The van der Waals surface area contributed by atoms with Crippen molar-refractivity contribution in [3.05, 3.63) is 0 Å². The zero-order chi connectivity index (χ0) is 17.5. The SMILES string of the molecule is CC1CCC2CCCC3[O][Ga]([O]C4CCC(C5CCCCC5)CC4)[N]1C23. The topological polar surface area (TPSA) is 21.7 Å². The van der Waals surface area contributed by atoms with Crippen LogP contribution in [0.3, 0.4) is 0 Å². The number of nitrogens with zero attached hydrogens (tertiary/aromatic N) is 1. The molecule has 0 aromatic carbocycles. The van der Waals surface area contributed by atoms with Gasteiger partial charge in [-0.25, -0.2) is 0 Å². The van der Waals surface area contributed by atoms with E-state index in [1.165, 1.54) is 89.9 Å². The Morgan fingerprint density at radius 1 is 0.731 bits per heavy atom. The first-order valence-corrected chi connectivity index (χ1v) is 14.9. The number of rotatable bonds is 3. The average Bonchev–Trinajstić information content (AvgIpc) is 3.06. The summed E-state index contributed by atoms with van der Waals surface area (Å²) in [4.78, 5) is 0. The van der Waals surface area contributed by atoms with Gasteiger partial charge in [-0.1, -0.05) is 0 Å². The van der Waals surface area contributed by atoms with Crippen LogP contribution in [0.1, 0.15) is 96.8 Å². The van der Waals surface area contributed by atoms with Gasteiger partial charge in [0, 0.05) is 0 Å². The molecule has 4 heteroatoms. The molecule has 2 saturated heterocycles. The summed E-state index contributed by atoms with van der Waals surface area (Å²) in [5, 5.41) is 0. The van der Waals surface area contributed by atoms with Gasteiger partial charge in [-0.3, -0.25) is 0 Å². The zero-order valence-corrected chi connectivity index (χ0v) is 19.2. The van der Waals surface area contributed by atoms with Gasteiger partial charge in [-0.15, -0.1) is 0 Å². The fourth-order valence-electron chi connectivity index (χ4n) is 7.16. The van der Waals surface area contributed by atoms with Gasteiger partial charge in [0.1, 0.15) is 0 Å². The maximum absolute atomic E-state index is 6.83. The normalized spacial score (nSPS) is 44.9. The van der Waals surface area contributed by atoms with Crippen molar-refractivity contribution in [2.45, 2.75) is 121 Å². The monoisotopic (exact) mass is 417 g/mol. The predicted molar refractivity (Wildman–Crippen MR) is 106 cm³/mol. The van der Waals surface area contributed by atoms with Crippen molar-refractivity contribution in [3.8, 4) is 0 Å².